The molecule has 8 heteroatoms. The van der Waals surface area contributed by atoms with Gasteiger partial charge >= 0.3 is 5.69 Å². The number of hydrogen-bond acceptors (Lipinski definition) is 5. The van der Waals surface area contributed by atoms with E-state index in [1.807, 2.05) is 61.5 Å². The maximum atomic E-state index is 12.7. The second kappa shape index (κ2) is 9.23. The van der Waals surface area contributed by atoms with Crippen molar-refractivity contribution in [3.05, 3.63) is 103 Å². The van der Waals surface area contributed by atoms with Crippen molar-refractivity contribution in [3.8, 4) is 5.75 Å². The smallest absolute Gasteiger partial charge is 0.349 e. The lowest BCUT2D eigenvalue weighted by molar-refractivity contribution is 0.306. The van der Waals surface area contributed by atoms with Crippen molar-refractivity contribution in [2.45, 2.75) is 6.61 Å². The van der Waals surface area contributed by atoms with Crippen molar-refractivity contribution in [1.82, 2.24) is 9.66 Å². The van der Waals surface area contributed by atoms with Crippen LogP contribution in [0.3, 0.4) is 0 Å². The Morgan fingerprint density at radius 3 is 2.56 bits per heavy atom. The molecular formula is C24H21BrN4O3. The van der Waals surface area contributed by atoms with Gasteiger partial charge in [-0.3, -0.25) is 4.79 Å². The van der Waals surface area contributed by atoms with E-state index < -0.39 is 11.2 Å². The van der Waals surface area contributed by atoms with Crippen LogP contribution < -0.4 is 20.9 Å². The van der Waals surface area contributed by atoms with Crippen molar-refractivity contribution in [2.24, 2.45) is 5.10 Å². The first-order valence-electron chi connectivity index (χ1n) is 9.89. The summed E-state index contributed by atoms with van der Waals surface area (Å²) in [5.41, 5.74) is 1.99. The van der Waals surface area contributed by atoms with E-state index in [1.54, 1.807) is 24.3 Å². The van der Waals surface area contributed by atoms with Gasteiger partial charge in [-0.15, -0.1) is 4.68 Å². The molecule has 32 heavy (non-hydrogen) atoms. The monoisotopic (exact) mass is 492 g/mol. The summed E-state index contributed by atoms with van der Waals surface area (Å²) in [6.07, 6.45) is 1.46. The van der Waals surface area contributed by atoms with Gasteiger partial charge in [0.15, 0.2) is 0 Å². The van der Waals surface area contributed by atoms with E-state index >= 15 is 0 Å². The van der Waals surface area contributed by atoms with Crippen LogP contribution in [0, 0.1) is 0 Å². The molecule has 0 aliphatic heterocycles. The zero-order valence-corrected chi connectivity index (χ0v) is 19.2. The number of hydrogen-bond donors (Lipinski definition) is 1. The quantitative estimate of drug-likeness (QED) is 0.412. The van der Waals surface area contributed by atoms with E-state index in [2.05, 4.69) is 26.0 Å². The Bertz CT molecular complexity index is 1410. The number of para-hydroxylation sites is 1. The van der Waals surface area contributed by atoms with Crippen LogP contribution >= 0.6 is 15.9 Å². The fourth-order valence-electron chi connectivity index (χ4n) is 3.15. The summed E-state index contributed by atoms with van der Waals surface area (Å²) in [4.78, 5) is 29.8. The first-order valence-corrected chi connectivity index (χ1v) is 10.7. The Labute approximate surface area is 192 Å². The van der Waals surface area contributed by atoms with Crippen molar-refractivity contribution in [1.29, 1.82) is 0 Å². The Morgan fingerprint density at radius 1 is 1.06 bits per heavy atom. The normalized spacial score (nSPS) is 11.2. The summed E-state index contributed by atoms with van der Waals surface area (Å²) < 4.78 is 7.88. The Kier molecular flexibility index (Phi) is 6.23. The molecule has 0 atom stereocenters. The van der Waals surface area contributed by atoms with Gasteiger partial charge < -0.3 is 14.6 Å². The molecule has 4 aromatic rings. The summed E-state index contributed by atoms with van der Waals surface area (Å²) in [6.45, 7) is 0.363. The summed E-state index contributed by atoms with van der Waals surface area (Å²) in [5, 5.41) is 4.55. The molecule has 0 amide bonds. The molecule has 0 radical (unpaired) electrons. The van der Waals surface area contributed by atoms with Crippen molar-refractivity contribution in [2.75, 3.05) is 19.0 Å². The van der Waals surface area contributed by atoms with Crippen LogP contribution in [0.4, 0.5) is 5.69 Å². The molecule has 0 spiro atoms. The fraction of sp³-hybridized carbons (Fsp3) is 0.125. The number of nitrogens with one attached hydrogen (secondary N) is 1. The fourth-order valence-corrected chi connectivity index (χ4v) is 3.42. The average molecular weight is 493 g/mol. The number of aromatic nitrogens is 2. The molecule has 0 saturated heterocycles. The molecule has 7 nitrogen and oxygen atoms in total. The van der Waals surface area contributed by atoms with Gasteiger partial charge in [0.1, 0.15) is 12.4 Å². The number of halogens is 1. The summed E-state index contributed by atoms with van der Waals surface area (Å²) in [5.74, 6) is 0.591. The van der Waals surface area contributed by atoms with Crippen LogP contribution in [0.1, 0.15) is 11.1 Å². The molecular weight excluding hydrogens is 472 g/mol. The highest BCUT2D eigenvalue weighted by Crippen LogP contribution is 2.25. The number of rotatable bonds is 6. The molecule has 162 valence electrons. The van der Waals surface area contributed by atoms with Crippen molar-refractivity contribution in [3.63, 3.8) is 0 Å². The number of ether oxygens (including phenoxy) is 1. The van der Waals surface area contributed by atoms with Gasteiger partial charge in [-0.05, 0) is 42.0 Å². The van der Waals surface area contributed by atoms with E-state index in [0.29, 0.717) is 28.8 Å². The van der Waals surface area contributed by atoms with E-state index in [0.717, 1.165) is 20.4 Å². The van der Waals surface area contributed by atoms with Crippen LogP contribution in [0.15, 0.2) is 85.9 Å². The molecule has 1 aromatic heterocycles. The molecule has 0 bridgehead atoms. The highest BCUT2D eigenvalue weighted by molar-refractivity contribution is 9.10. The predicted molar refractivity (Wildman–Crippen MR) is 131 cm³/mol. The minimum Gasteiger partial charge on any atom is -0.488 e. The molecule has 0 saturated carbocycles. The minimum absolute atomic E-state index is 0.363. The number of anilines is 1. The van der Waals surface area contributed by atoms with Gasteiger partial charge in [-0.2, -0.15) is 5.10 Å². The van der Waals surface area contributed by atoms with Crippen LogP contribution in [0.2, 0.25) is 0 Å². The van der Waals surface area contributed by atoms with Crippen LogP contribution in [-0.4, -0.2) is 30.0 Å². The molecule has 1 N–H and O–H groups in total. The Balaban J connectivity index is 1.69. The number of nitrogens with zero attached hydrogens (tertiary/aromatic N) is 3. The minimum atomic E-state index is -0.604. The molecule has 0 fully saturated rings. The topological polar surface area (TPSA) is 79.7 Å². The lowest BCUT2D eigenvalue weighted by atomic mass is 10.2. The third-order valence-electron chi connectivity index (χ3n) is 4.92. The second-order valence-electron chi connectivity index (χ2n) is 7.37. The third-order valence-corrected chi connectivity index (χ3v) is 5.45. The van der Waals surface area contributed by atoms with Gasteiger partial charge in [0.2, 0.25) is 0 Å². The zero-order chi connectivity index (χ0) is 22.7. The average Bonchev–Trinajstić information content (AvgIpc) is 2.79. The first-order chi connectivity index (χ1) is 15.4. The molecule has 0 aliphatic carbocycles. The molecule has 0 aliphatic rings. The molecule has 3 aromatic carbocycles. The number of benzene rings is 3. The van der Waals surface area contributed by atoms with E-state index in [4.69, 9.17) is 4.74 Å². The summed E-state index contributed by atoms with van der Waals surface area (Å²) in [6, 6.07) is 20.3. The largest absolute Gasteiger partial charge is 0.488 e. The van der Waals surface area contributed by atoms with Crippen molar-refractivity contribution >= 4 is 38.7 Å². The molecule has 4 rings (SSSR count). The van der Waals surface area contributed by atoms with Gasteiger partial charge in [-0.1, -0.05) is 40.2 Å². The van der Waals surface area contributed by atoms with Gasteiger partial charge in [0.25, 0.3) is 5.56 Å². The lowest BCUT2D eigenvalue weighted by Crippen LogP contribution is -2.32. The maximum Gasteiger partial charge on any atom is 0.349 e. The number of fused-ring (bicyclic) bond motifs is 1. The van der Waals surface area contributed by atoms with E-state index in [1.165, 1.54) is 6.21 Å². The highest BCUT2D eigenvalue weighted by atomic mass is 79.9. The SMILES string of the molecule is CN(C)c1ccc(C=Nn2c(=O)[nH]c3ccccc3c2=O)c(OCc2ccc(Br)cc2)c1. The molecule has 0 unspecified atom stereocenters. The Hall–Kier alpha value is -3.65. The van der Waals surface area contributed by atoms with Gasteiger partial charge in [0, 0.05) is 35.9 Å². The van der Waals surface area contributed by atoms with E-state index in [9.17, 15) is 9.59 Å². The van der Waals surface area contributed by atoms with E-state index in [-0.39, 0.29) is 0 Å². The summed E-state index contributed by atoms with van der Waals surface area (Å²) in [7, 11) is 3.88. The lowest BCUT2D eigenvalue weighted by Gasteiger charge is -2.16. The molecule has 1 heterocycles. The van der Waals surface area contributed by atoms with Crippen LogP contribution in [-0.2, 0) is 6.61 Å². The standard InChI is InChI=1S/C24H21BrN4O3/c1-28(2)19-12-9-17(22(13-19)32-15-16-7-10-18(25)11-8-16)14-26-29-23(30)20-5-3-4-6-21(20)27-24(29)31/h3-14H,15H2,1-2H3,(H,27,31). The summed E-state index contributed by atoms with van der Waals surface area (Å²) >= 11 is 3.43. The maximum absolute atomic E-state index is 12.7. The zero-order valence-electron chi connectivity index (χ0n) is 17.6. The van der Waals surface area contributed by atoms with Crippen LogP contribution in [0.5, 0.6) is 5.75 Å². The number of aromatic amines is 1. The van der Waals surface area contributed by atoms with Gasteiger partial charge in [-0.25, -0.2) is 4.79 Å². The van der Waals surface area contributed by atoms with Crippen LogP contribution in [0.25, 0.3) is 10.9 Å². The van der Waals surface area contributed by atoms with Crippen molar-refractivity contribution < 1.29 is 4.74 Å². The number of H-pyrrole nitrogens is 1. The first kappa shape index (κ1) is 21.6. The third kappa shape index (κ3) is 4.65. The second-order valence-corrected chi connectivity index (χ2v) is 8.28. The Morgan fingerprint density at radius 2 is 1.81 bits per heavy atom. The van der Waals surface area contributed by atoms with Gasteiger partial charge in [0.05, 0.1) is 17.1 Å². The highest BCUT2D eigenvalue weighted by Gasteiger charge is 2.09. The predicted octanol–water partition coefficient (Wildman–Crippen LogP) is 3.98.